The summed E-state index contributed by atoms with van der Waals surface area (Å²) in [6.07, 6.45) is 3.22. The molecule has 0 amide bonds. The lowest BCUT2D eigenvalue weighted by Crippen LogP contribution is -1.99. The molecular formula is C24H30N6S3. The van der Waals surface area contributed by atoms with Crippen LogP contribution >= 0.6 is 34.0 Å². The Hall–Kier alpha value is -2.49. The second kappa shape index (κ2) is 11.6. The molecule has 6 nitrogen and oxygen atoms in total. The molecule has 0 aliphatic carbocycles. The summed E-state index contributed by atoms with van der Waals surface area (Å²) < 4.78 is 0. The van der Waals surface area contributed by atoms with E-state index in [1.54, 1.807) is 34.0 Å². The minimum atomic E-state index is 0.928. The minimum absolute atomic E-state index is 0.928. The number of nitrogens with zero attached hydrogens (tertiary/aromatic N) is 3. The third kappa shape index (κ3) is 6.10. The largest absolute Gasteiger partial charge is 0.362 e. The lowest BCUT2D eigenvalue weighted by Gasteiger charge is -2.07. The Labute approximate surface area is 207 Å². The summed E-state index contributed by atoms with van der Waals surface area (Å²) in [7, 11) is 0. The van der Waals surface area contributed by atoms with Gasteiger partial charge in [-0.15, -0.1) is 34.0 Å². The molecule has 0 aliphatic rings. The summed E-state index contributed by atoms with van der Waals surface area (Å²) in [6, 6.07) is 6.55. The topological polar surface area (TPSA) is 74.8 Å². The highest BCUT2D eigenvalue weighted by Crippen LogP contribution is 2.36. The van der Waals surface area contributed by atoms with Gasteiger partial charge in [0.1, 0.15) is 0 Å². The molecule has 9 heteroatoms. The van der Waals surface area contributed by atoms with E-state index in [0.29, 0.717) is 0 Å². The second-order valence-corrected chi connectivity index (χ2v) is 10.3. The summed E-state index contributed by atoms with van der Waals surface area (Å²) in [5.74, 6) is 0. The van der Waals surface area contributed by atoms with E-state index in [0.717, 1.165) is 88.1 Å². The van der Waals surface area contributed by atoms with E-state index in [9.17, 15) is 0 Å². The molecule has 0 saturated heterocycles. The number of thiazole rings is 3. The van der Waals surface area contributed by atoms with Gasteiger partial charge in [0.05, 0.1) is 17.1 Å². The SMILES string of the molecule is CCCNc1nc(-c2cc(-c3csc(NCCC)n3)cc(-c3csc(NCCC)n3)c2)cs1. The van der Waals surface area contributed by atoms with Crippen molar-refractivity contribution in [1.29, 1.82) is 0 Å². The van der Waals surface area contributed by atoms with Crippen molar-refractivity contribution in [1.82, 2.24) is 15.0 Å². The quantitative estimate of drug-likeness (QED) is 0.187. The molecule has 1 aromatic carbocycles. The lowest BCUT2D eigenvalue weighted by atomic mass is 10.0. The van der Waals surface area contributed by atoms with Crippen LogP contribution in [-0.2, 0) is 0 Å². The van der Waals surface area contributed by atoms with Crippen LogP contribution in [0.25, 0.3) is 33.8 Å². The summed E-state index contributed by atoms with van der Waals surface area (Å²) in [6.45, 7) is 9.26. The fraction of sp³-hybridized carbons (Fsp3) is 0.375. The highest BCUT2D eigenvalue weighted by atomic mass is 32.1. The third-order valence-corrected chi connectivity index (χ3v) is 7.31. The van der Waals surface area contributed by atoms with Crippen molar-refractivity contribution in [3.05, 3.63) is 34.3 Å². The van der Waals surface area contributed by atoms with Gasteiger partial charge >= 0.3 is 0 Å². The molecule has 3 N–H and O–H groups in total. The average molecular weight is 499 g/mol. The molecular weight excluding hydrogens is 469 g/mol. The van der Waals surface area contributed by atoms with E-state index >= 15 is 0 Å². The number of anilines is 3. The maximum Gasteiger partial charge on any atom is 0.183 e. The van der Waals surface area contributed by atoms with E-state index in [4.69, 9.17) is 15.0 Å². The molecule has 0 saturated carbocycles. The second-order valence-electron chi connectivity index (χ2n) is 7.69. The zero-order chi connectivity index (χ0) is 23.0. The van der Waals surface area contributed by atoms with Gasteiger partial charge in [-0.25, -0.2) is 15.0 Å². The average Bonchev–Trinajstić information content (AvgIpc) is 3.60. The van der Waals surface area contributed by atoms with Gasteiger partial charge in [-0.1, -0.05) is 20.8 Å². The third-order valence-electron chi connectivity index (χ3n) is 4.91. The molecule has 0 fully saturated rings. The molecule has 33 heavy (non-hydrogen) atoms. The Balaban J connectivity index is 1.70. The fourth-order valence-electron chi connectivity index (χ4n) is 3.23. The lowest BCUT2D eigenvalue weighted by molar-refractivity contribution is 0.976. The smallest absolute Gasteiger partial charge is 0.183 e. The maximum atomic E-state index is 4.83. The number of hydrogen-bond donors (Lipinski definition) is 3. The molecule has 174 valence electrons. The Morgan fingerprint density at radius 3 is 1.12 bits per heavy atom. The van der Waals surface area contributed by atoms with E-state index in [1.165, 1.54) is 0 Å². The van der Waals surface area contributed by atoms with Crippen LogP contribution in [0.2, 0.25) is 0 Å². The van der Waals surface area contributed by atoms with Crippen molar-refractivity contribution < 1.29 is 0 Å². The predicted octanol–water partition coefficient (Wildman–Crippen LogP) is 7.52. The van der Waals surface area contributed by atoms with Gasteiger partial charge in [0.2, 0.25) is 0 Å². The standard InChI is InChI=1S/C24H30N6S3/c1-4-7-25-22-28-19(13-31-22)16-10-17(20-14-32-23(29-20)26-8-5-2)12-18(11-16)21-15-33-24(30-21)27-9-6-3/h10-15H,4-9H2,1-3H3,(H,25,28)(H,26,29)(H,27,30). The van der Waals surface area contributed by atoms with Crippen molar-refractivity contribution in [3.8, 4) is 33.8 Å². The molecule has 3 heterocycles. The number of aromatic nitrogens is 3. The normalized spacial score (nSPS) is 11.0. The number of rotatable bonds is 12. The zero-order valence-electron chi connectivity index (χ0n) is 19.3. The maximum absolute atomic E-state index is 4.83. The molecule has 0 aliphatic heterocycles. The first-order valence-corrected chi connectivity index (χ1v) is 14.1. The van der Waals surface area contributed by atoms with Gasteiger partial charge in [0, 0.05) is 52.5 Å². The molecule has 0 bridgehead atoms. The van der Waals surface area contributed by atoms with Crippen LogP contribution in [0.4, 0.5) is 15.4 Å². The number of benzene rings is 1. The van der Waals surface area contributed by atoms with Gasteiger partial charge < -0.3 is 16.0 Å². The predicted molar refractivity (Wildman–Crippen MR) is 146 cm³/mol. The van der Waals surface area contributed by atoms with Crippen LogP contribution in [0, 0.1) is 0 Å². The highest BCUT2D eigenvalue weighted by Gasteiger charge is 2.14. The van der Waals surface area contributed by atoms with Gasteiger partial charge in [-0.2, -0.15) is 0 Å². The minimum Gasteiger partial charge on any atom is -0.362 e. The van der Waals surface area contributed by atoms with Crippen molar-refractivity contribution >= 4 is 49.4 Å². The Bertz CT molecular complexity index is 1010. The first kappa shape index (κ1) is 23.7. The highest BCUT2D eigenvalue weighted by molar-refractivity contribution is 7.14. The van der Waals surface area contributed by atoms with Crippen LogP contribution in [0.3, 0.4) is 0 Å². The van der Waals surface area contributed by atoms with Crippen LogP contribution < -0.4 is 16.0 Å². The summed E-state index contributed by atoms with van der Waals surface area (Å²) >= 11 is 4.93. The molecule has 0 unspecified atom stereocenters. The first-order chi connectivity index (χ1) is 16.2. The van der Waals surface area contributed by atoms with Gasteiger partial charge in [-0.3, -0.25) is 0 Å². The van der Waals surface area contributed by atoms with Crippen molar-refractivity contribution in [2.45, 2.75) is 40.0 Å². The Kier molecular flexibility index (Phi) is 8.30. The van der Waals surface area contributed by atoms with Crippen molar-refractivity contribution in [2.75, 3.05) is 35.6 Å². The van der Waals surface area contributed by atoms with Crippen molar-refractivity contribution in [2.24, 2.45) is 0 Å². The monoisotopic (exact) mass is 498 g/mol. The van der Waals surface area contributed by atoms with Crippen molar-refractivity contribution in [3.63, 3.8) is 0 Å². The first-order valence-electron chi connectivity index (χ1n) is 11.4. The molecule has 4 rings (SSSR count). The van der Waals surface area contributed by atoms with E-state index in [2.05, 4.69) is 71.1 Å². The zero-order valence-corrected chi connectivity index (χ0v) is 21.7. The number of hydrogen-bond acceptors (Lipinski definition) is 9. The fourth-order valence-corrected chi connectivity index (χ4v) is 5.48. The van der Waals surface area contributed by atoms with E-state index in [-0.39, 0.29) is 0 Å². The molecule has 0 atom stereocenters. The summed E-state index contributed by atoms with van der Waals surface area (Å²) in [4.78, 5) is 14.5. The Morgan fingerprint density at radius 1 is 0.545 bits per heavy atom. The van der Waals surface area contributed by atoms with Crippen LogP contribution in [-0.4, -0.2) is 34.6 Å². The number of nitrogens with one attached hydrogen (secondary N) is 3. The van der Waals surface area contributed by atoms with Crippen LogP contribution in [0.1, 0.15) is 40.0 Å². The van der Waals surface area contributed by atoms with Crippen LogP contribution in [0.5, 0.6) is 0 Å². The Morgan fingerprint density at radius 2 is 0.848 bits per heavy atom. The van der Waals surface area contributed by atoms with E-state index in [1.807, 2.05) is 0 Å². The van der Waals surface area contributed by atoms with Gasteiger partial charge in [0.25, 0.3) is 0 Å². The molecule has 0 spiro atoms. The summed E-state index contributed by atoms with van der Waals surface area (Å²) in [5, 5.41) is 19.4. The molecule has 3 aromatic heterocycles. The summed E-state index contributed by atoms with van der Waals surface area (Å²) in [5.41, 5.74) is 6.16. The van der Waals surface area contributed by atoms with Crippen LogP contribution in [0.15, 0.2) is 34.3 Å². The molecule has 4 aromatic rings. The van der Waals surface area contributed by atoms with E-state index < -0.39 is 0 Å². The van der Waals surface area contributed by atoms with Gasteiger partial charge in [0.15, 0.2) is 15.4 Å². The molecule has 0 radical (unpaired) electrons. The van der Waals surface area contributed by atoms with Gasteiger partial charge in [-0.05, 0) is 37.5 Å².